The molecule has 3 nitrogen and oxygen atoms in total. The molecule has 0 spiro atoms. The number of nitrogens with one attached hydrogen (secondary N) is 1. The van der Waals surface area contributed by atoms with Gasteiger partial charge in [0, 0.05) is 31.5 Å². The summed E-state index contributed by atoms with van der Waals surface area (Å²) in [6.07, 6.45) is 8.54. The van der Waals surface area contributed by atoms with Crippen LogP contribution in [0.5, 0.6) is 0 Å². The Bertz CT molecular complexity index is 597. The predicted molar refractivity (Wildman–Crippen MR) is 93.6 cm³/mol. The van der Waals surface area contributed by atoms with Crippen LogP contribution in [-0.4, -0.2) is 30.8 Å². The smallest absolute Gasteiger partial charge is 0.123 e. The first kappa shape index (κ1) is 17.1. The number of pyridine rings is 1. The number of hydrogen-bond donors (Lipinski definition) is 1. The molecular formula is C20H25FN2O. The Hall–Kier alpha value is -1.78. The van der Waals surface area contributed by atoms with Gasteiger partial charge in [-0.3, -0.25) is 4.98 Å². The van der Waals surface area contributed by atoms with E-state index in [0.717, 1.165) is 38.1 Å². The topological polar surface area (TPSA) is 34.1 Å². The Morgan fingerprint density at radius 3 is 2.54 bits per heavy atom. The van der Waals surface area contributed by atoms with Gasteiger partial charge in [-0.1, -0.05) is 12.1 Å². The van der Waals surface area contributed by atoms with Crippen molar-refractivity contribution < 1.29 is 9.13 Å². The standard InChI is InChI=1S/C20H25FN2O/c21-18-6-4-16(5-7-18)20(17-8-11-22-12-9-17)10-13-23-15-19-3-1-2-14-24-19/h4-9,11-12,19-20,23H,1-3,10,13-15H2. The Kier molecular flexibility index (Phi) is 6.33. The summed E-state index contributed by atoms with van der Waals surface area (Å²) in [4.78, 5) is 4.10. The number of aromatic nitrogens is 1. The number of nitrogens with zero attached hydrogens (tertiary/aromatic N) is 1. The maximum atomic E-state index is 13.2. The molecule has 4 heteroatoms. The van der Waals surface area contributed by atoms with Gasteiger partial charge in [0.05, 0.1) is 6.10 Å². The zero-order valence-corrected chi connectivity index (χ0v) is 14.0. The first-order valence-electron chi connectivity index (χ1n) is 8.80. The molecular weight excluding hydrogens is 303 g/mol. The molecule has 1 N–H and O–H groups in total. The van der Waals surface area contributed by atoms with E-state index in [2.05, 4.69) is 10.3 Å². The molecule has 0 saturated carbocycles. The number of halogens is 1. The fraction of sp³-hybridized carbons (Fsp3) is 0.450. The summed E-state index contributed by atoms with van der Waals surface area (Å²) in [6.45, 7) is 2.71. The van der Waals surface area contributed by atoms with Crippen molar-refractivity contribution in [3.63, 3.8) is 0 Å². The fourth-order valence-electron chi connectivity index (χ4n) is 3.29. The average molecular weight is 328 g/mol. The largest absolute Gasteiger partial charge is 0.377 e. The zero-order chi connectivity index (χ0) is 16.6. The number of ether oxygens (including phenoxy) is 1. The Balaban J connectivity index is 1.59. The van der Waals surface area contributed by atoms with Gasteiger partial charge >= 0.3 is 0 Å². The first-order chi connectivity index (χ1) is 11.8. The second-order valence-electron chi connectivity index (χ2n) is 6.37. The summed E-state index contributed by atoms with van der Waals surface area (Å²) in [6, 6.07) is 10.9. The summed E-state index contributed by atoms with van der Waals surface area (Å²) < 4.78 is 19.0. The summed E-state index contributed by atoms with van der Waals surface area (Å²) in [5.41, 5.74) is 2.35. The molecule has 1 aliphatic rings. The van der Waals surface area contributed by atoms with Crippen molar-refractivity contribution in [2.75, 3.05) is 19.7 Å². The van der Waals surface area contributed by atoms with Crippen LogP contribution in [0.2, 0.25) is 0 Å². The molecule has 0 amide bonds. The SMILES string of the molecule is Fc1ccc(C(CCNCC2CCCCO2)c2ccncc2)cc1. The summed E-state index contributed by atoms with van der Waals surface area (Å²) in [5, 5.41) is 3.52. The monoisotopic (exact) mass is 328 g/mol. The quantitative estimate of drug-likeness (QED) is 0.783. The molecule has 3 rings (SSSR count). The molecule has 0 radical (unpaired) electrons. The van der Waals surface area contributed by atoms with E-state index in [1.165, 1.54) is 30.5 Å². The summed E-state index contributed by atoms with van der Waals surface area (Å²) >= 11 is 0. The van der Waals surface area contributed by atoms with Crippen LogP contribution in [0.4, 0.5) is 4.39 Å². The number of benzene rings is 1. The summed E-state index contributed by atoms with van der Waals surface area (Å²) in [5.74, 6) is 0.0492. The highest BCUT2D eigenvalue weighted by Crippen LogP contribution is 2.27. The van der Waals surface area contributed by atoms with E-state index in [1.54, 1.807) is 0 Å². The third-order valence-electron chi connectivity index (χ3n) is 4.64. The number of rotatable bonds is 7. The van der Waals surface area contributed by atoms with E-state index < -0.39 is 0 Å². The molecule has 2 aromatic rings. The molecule has 0 bridgehead atoms. The van der Waals surface area contributed by atoms with Crippen molar-refractivity contribution in [2.45, 2.75) is 37.7 Å². The highest BCUT2D eigenvalue weighted by Gasteiger charge is 2.16. The predicted octanol–water partition coefficient (Wildman–Crippen LogP) is 3.90. The van der Waals surface area contributed by atoms with Gasteiger partial charge in [0.15, 0.2) is 0 Å². The van der Waals surface area contributed by atoms with E-state index in [4.69, 9.17) is 4.74 Å². The van der Waals surface area contributed by atoms with Crippen LogP contribution in [0.15, 0.2) is 48.8 Å². The van der Waals surface area contributed by atoms with Crippen LogP contribution in [-0.2, 0) is 4.74 Å². The molecule has 128 valence electrons. The molecule has 0 aliphatic carbocycles. The molecule has 2 heterocycles. The molecule has 1 aromatic carbocycles. The minimum atomic E-state index is -0.195. The van der Waals surface area contributed by atoms with Gasteiger partial charge in [-0.25, -0.2) is 4.39 Å². The van der Waals surface area contributed by atoms with Crippen LogP contribution >= 0.6 is 0 Å². The molecule has 1 fully saturated rings. The van der Waals surface area contributed by atoms with Gasteiger partial charge in [-0.15, -0.1) is 0 Å². The minimum absolute atomic E-state index is 0.195. The van der Waals surface area contributed by atoms with Crippen molar-refractivity contribution in [3.8, 4) is 0 Å². The van der Waals surface area contributed by atoms with E-state index >= 15 is 0 Å². The van der Waals surface area contributed by atoms with Crippen LogP contribution < -0.4 is 5.32 Å². The lowest BCUT2D eigenvalue weighted by Gasteiger charge is -2.24. The maximum Gasteiger partial charge on any atom is 0.123 e. The van der Waals surface area contributed by atoms with Crippen molar-refractivity contribution >= 4 is 0 Å². The molecule has 1 aromatic heterocycles. The van der Waals surface area contributed by atoms with E-state index in [1.807, 2.05) is 36.7 Å². The van der Waals surface area contributed by atoms with Crippen LogP contribution in [0.3, 0.4) is 0 Å². The lowest BCUT2D eigenvalue weighted by atomic mass is 9.89. The van der Waals surface area contributed by atoms with Gasteiger partial charge in [0.2, 0.25) is 0 Å². The van der Waals surface area contributed by atoms with Crippen molar-refractivity contribution in [3.05, 3.63) is 65.7 Å². The Labute approximate surface area is 143 Å². The van der Waals surface area contributed by atoms with Gasteiger partial charge in [-0.2, -0.15) is 0 Å². The average Bonchev–Trinajstić information content (AvgIpc) is 2.64. The van der Waals surface area contributed by atoms with Gasteiger partial charge < -0.3 is 10.1 Å². The van der Waals surface area contributed by atoms with Crippen molar-refractivity contribution in [2.24, 2.45) is 0 Å². The fourth-order valence-corrected chi connectivity index (χ4v) is 3.29. The Morgan fingerprint density at radius 1 is 1.08 bits per heavy atom. The van der Waals surface area contributed by atoms with Crippen molar-refractivity contribution in [1.29, 1.82) is 0 Å². The van der Waals surface area contributed by atoms with Crippen LogP contribution in [0.1, 0.15) is 42.7 Å². The van der Waals surface area contributed by atoms with E-state index in [0.29, 0.717) is 6.10 Å². The first-order valence-corrected chi connectivity index (χ1v) is 8.80. The lowest BCUT2D eigenvalue weighted by molar-refractivity contribution is 0.0170. The highest BCUT2D eigenvalue weighted by molar-refractivity contribution is 5.31. The molecule has 1 saturated heterocycles. The normalized spacial score (nSPS) is 19.1. The van der Waals surface area contributed by atoms with Crippen LogP contribution in [0, 0.1) is 5.82 Å². The van der Waals surface area contributed by atoms with Crippen LogP contribution in [0.25, 0.3) is 0 Å². The maximum absolute atomic E-state index is 13.2. The Morgan fingerprint density at radius 2 is 1.83 bits per heavy atom. The second-order valence-corrected chi connectivity index (χ2v) is 6.37. The van der Waals surface area contributed by atoms with Crippen molar-refractivity contribution in [1.82, 2.24) is 10.3 Å². The third kappa shape index (κ3) is 4.86. The summed E-state index contributed by atoms with van der Waals surface area (Å²) in [7, 11) is 0. The molecule has 1 aliphatic heterocycles. The minimum Gasteiger partial charge on any atom is -0.377 e. The lowest BCUT2D eigenvalue weighted by Crippen LogP contribution is -2.32. The molecule has 2 unspecified atom stereocenters. The zero-order valence-electron chi connectivity index (χ0n) is 14.0. The second kappa shape index (κ2) is 8.90. The van der Waals surface area contributed by atoms with Gasteiger partial charge in [0.25, 0.3) is 0 Å². The van der Waals surface area contributed by atoms with Gasteiger partial charge in [-0.05, 0) is 67.6 Å². The molecule has 2 atom stereocenters. The number of hydrogen-bond acceptors (Lipinski definition) is 3. The van der Waals surface area contributed by atoms with Gasteiger partial charge in [0.1, 0.15) is 5.82 Å². The van der Waals surface area contributed by atoms with E-state index in [-0.39, 0.29) is 11.7 Å². The van der Waals surface area contributed by atoms with E-state index in [9.17, 15) is 4.39 Å². The third-order valence-corrected chi connectivity index (χ3v) is 4.64. The highest BCUT2D eigenvalue weighted by atomic mass is 19.1. The molecule has 24 heavy (non-hydrogen) atoms.